The number of hydrogen-bond acceptors (Lipinski definition) is 6. The summed E-state index contributed by atoms with van der Waals surface area (Å²) in [5, 5.41) is 14.7. The van der Waals surface area contributed by atoms with Crippen LogP contribution in [0.5, 0.6) is 5.75 Å². The number of aromatic nitrogens is 5. The van der Waals surface area contributed by atoms with Gasteiger partial charge in [0, 0.05) is 23.0 Å². The van der Waals surface area contributed by atoms with E-state index in [0.717, 1.165) is 53.0 Å². The Kier molecular flexibility index (Phi) is 12.6. The number of ether oxygens (including phenoxy) is 1. The summed E-state index contributed by atoms with van der Waals surface area (Å²) in [6.07, 6.45) is 12.6. The zero-order valence-electron chi connectivity index (χ0n) is 29.3. The molecule has 47 heavy (non-hydrogen) atoms. The van der Waals surface area contributed by atoms with Crippen LogP contribution in [0.1, 0.15) is 119 Å². The van der Waals surface area contributed by atoms with Crippen molar-refractivity contribution in [3.63, 3.8) is 0 Å². The Hall–Kier alpha value is -3.07. The molecular weight excluding hydrogens is 689 g/mol. The zero-order chi connectivity index (χ0) is 33.2. The number of fused-ring (bicyclic) bond motifs is 1. The number of aryl methyl sites for hydroxylation is 2. The fourth-order valence-corrected chi connectivity index (χ4v) is 21.1. The molecule has 5 rings (SSSR count). The number of benzene rings is 2. The molecule has 2 aromatic carbocycles. The molecule has 4 aromatic rings. The summed E-state index contributed by atoms with van der Waals surface area (Å²) in [5.41, 5.74) is 7.93. The number of carbonyl (C=O) groups excluding carboxylic acids is 1. The third kappa shape index (κ3) is 8.33. The molecule has 0 saturated heterocycles. The van der Waals surface area contributed by atoms with Crippen molar-refractivity contribution in [2.24, 2.45) is 0 Å². The second-order valence-electron chi connectivity index (χ2n) is 13.3. The first-order chi connectivity index (χ1) is 22.9. The predicted octanol–water partition coefficient (Wildman–Crippen LogP) is 9.82. The van der Waals surface area contributed by atoms with E-state index in [1.54, 1.807) is 6.92 Å². The van der Waals surface area contributed by atoms with Gasteiger partial charge >= 0.3 is 220 Å². The van der Waals surface area contributed by atoms with E-state index in [1.807, 2.05) is 18.2 Å². The molecule has 1 aliphatic rings. The van der Waals surface area contributed by atoms with Gasteiger partial charge in [-0.15, -0.1) is 0 Å². The van der Waals surface area contributed by atoms with Gasteiger partial charge in [-0.1, -0.05) is 6.92 Å². The first-order valence-electron chi connectivity index (χ1n) is 18.1. The van der Waals surface area contributed by atoms with Gasteiger partial charge in [-0.25, -0.2) is 0 Å². The molecule has 0 radical (unpaired) electrons. The monoisotopic (exact) mass is 743 g/mol. The molecule has 0 bridgehead atoms. The van der Waals surface area contributed by atoms with E-state index in [-0.39, 0.29) is 5.78 Å². The summed E-state index contributed by atoms with van der Waals surface area (Å²) in [6.45, 7) is 11.0. The SMILES string of the molecule is CCC[CH2][Sn]([CH2]CCC)([CH2]CCC)[n]1nnc(-c2ccccc2-c2ccc(COc3cc(CC)nc4c3CCCC4)cc2C(C)=O)n1. The van der Waals surface area contributed by atoms with Crippen molar-refractivity contribution in [1.29, 1.82) is 0 Å². The van der Waals surface area contributed by atoms with Gasteiger partial charge in [0.05, 0.1) is 0 Å². The Morgan fingerprint density at radius 1 is 0.851 bits per heavy atom. The van der Waals surface area contributed by atoms with Gasteiger partial charge in [0.2, 0.25) is 0 Å². The van der Waals surface area contributed by atoms with E-state index in [0.29, 0.717) is 18.0 Å². The number of pyridine rings is 1. The predicted molar refractivity (Wildman–Crippen MR) is 194 cm³/mol. The molecule has 0 spiro atoms. The molecule has 8 heteroatoms. The van der Waals surface area contributed by atoms with Gasteiger partial charge in [-0.05, 0) is 32.1 Å². The van der Waals surface area contributed by atoms with Crippen LogP contribution in [-0.4, -0.2) is 47.8 Å². The van der Waals surface area contributed by atoms with Crippen molar-refractivity contribution in [2.75, 3.05) is 0 Å². The molecule has 0 aliphatic heterocycles. The number of ketones is 1. The van der Waals surface area contributed by atoms with Gasteiger partial charge in [0.1, 0.15) is 0 Å². The van der Waals surface area contributed by atoms with Gasteiger partial charge in [0.15, 0.2) is 0 Å². The number of Topliss-reactive ketones (excluding diaryl/α,β-unsaturated/α-hetero) is 1. The van der Waals surface area contributed by atoms with E-state index in [9.17, 15) is 4.79 Å². The van der Waals surface area contributed by atoms with Gasteiger partial charge < -0.3 is 0 Å². The van der Waals surface area contributed by atoms with E-state index in [1.165, 1.54) is 75.9 Å². The van der Waals surface area contributed by atoms with Crippen molar-refractivity contribution in [2.45, 2.75) is 125 Å². The molecule has 1 aliphatic carbocycles. The summed E-state index contributed by atoms with van der Waals surface area (Å²) in [7, 11) is 0. The fourth-order valence-electron chi connectivity index (χ4n) is 7.03. The van der Waals surface area contributed by atoms with Crippen LogP contribution in [0.3, 0.4) is 0 Å². The van der Waals surface area contributed by atoms with Crippen LogP contribution in [0.2, 0.25) is 13.3 Å². The summed E-state index contributed by atoms with van der Waals surface area (Å²) < 4.78 is 12.4. The number of unbranched alkanes of at least 4 members (excludes halogenated alkanes) is 3. The van der Waals surface area contributed by atoms with Crippen LogP contribution in [0.15, 0.2) is 48.5 Å². The molecule has 2 heterocycles. The molecule has 0 atom stereocenters. The third-order valence-electron chi connectivity index (χ3n) is 9.82. The van der Waals surface area contributed by atoms with Crippen molar-refractivity contribution in [1.82, 2.24) is 23.4 Å². The minimum absolute atomic E-state index is 0.0248. The van der Waals surface area contributed by atoms with Crippen molar-refractivity contribution >= 4 is 24.4 Å². The molecular formula is C39H53N5O2Sn. The molecule has 250 valence electrons. The van der Waals surface area contributed by atoms with Crippen LogP contribution in [0, 0.1) is 0 Å². The first-order valence-corrected chi connectivity index (χ1v) is 25.4. The van der Waals surface area contributed by atoms with Crippen molar-refractivity contribution in [3.8, 4) is 28.3 Å². The van der Waals surface area contributed by atoms with E-state index >= 15 is 0 Å². The van der Waals surface area contributed by atoms with Crippen LogP contribution in [-0.2, 0) is 25.9 Å². The van der Waals surface area contributed by atoms with Crippen LogP contribution in [0.4, 0.5) is 0 Å². The summed E-state index contributed by atoms with van der Waals surface area (Å²) in [5.74, 6) is 1.62. The van der Waals surface area contributed by atoms with Crippen molar-refractivity contribution < 1.29 is 9.53 Å². The maximum absolute atomic E-state index is 13.1. The number of nitrogens with zero attached hydrogens (tertiary/aromatic N) is 5. The second kappa shape index (κ2) is 16.8. The fraction of sp³-hybridized carbons (Fsp3) is 0.513. The molecule has 7 nitrogen and oxygen atoms in total. The first kappa shape index (κ1) is 35.2. The molecule has 0 saturated carbocycles. The summed E-state index contributed by atoms with van der Waals surface area (Å²) >= 11 is -2.92. The second-order valence-corrected chi connectivity index (χ2v) is 25.7. The summed E-state index contributed by atoms with van der Waals surface area (Å²) in [4.78, 5) is 18.0. The number of rotatable bonds is 17. The summed E-state index contributed by atoms with van der Waals surface area (Å²) in [6, 6.07) is 16.4. The normalized spacial score (nSPS) is 13.0. The Balaban J connectivity index is 1.46. The Labute approximate surface area is 286 Å². The van der Waals surface area contributed by atoms with Gasteiger partial charge in [0.25, 0.3) is 0 Å². The van der Waals surface area contributed by atoms with E-state index in [4.69, 9.17) is 25.1 Å². The average Bonchev–Trinajstić information content (AvgIpc) is 3.61. The van der Waals surface area contributed by atoms with E-state index in [2.05, 4.69) is 61.0 Å². The van der Waals surface area contributed by atoms with Crippen LogP contribution < -0.4 is 4.74 Å². The van der Waals surface area contributed by atoms with Crippen molar-refractivity contribution in [3.05, 3.63) is 76.6 Å². The zero-order valence-corrected chi connectivity index (χ0v) is 32.1. The Bertz CT molecular complexity index is 1630. The molecule has 0 N–H and O–H groups in total. The maximum atomic E-state index is 13.1. The molecule has 0 unspecified atom stereocenters. The van der Waals surface area contributed by atoms with Gasteiger partial charge in [-0.3, -0.25) is 4.98 Å². The van der Waals surface area contributed by atoms with Crippen LogP contribution >= 0.6 is 0 Å². The molecule has 2 aromatic heterocycles. The van der Waals surface area contributed by atoms with Gasteiger partial charge in [-0.2, -0.15) is 0 Å². The Morgan fingerprint density at radius 3 is 2.19 bits per heavy atom. The average molecular weight is 743 g/mol. The number of hydrogen-bond donors (Lipinski definition) is 0. The standard InChI is InChI=1S/C27H27N5O2.3C4H9.Sn/c1-3-19-15-26(23-10-6-7-11-25(23)28-19)34-16-18-12-13-21(24(14-18)17(2)33)20-8-4-5-9-22(20)27-29-31-32-30-27;3*1-3-4-2;/h4-5,8-9,12-15H,3,6-7,10-11,16H2,1-2H3,(H,29,30,31,32,33);3*1,3-4H2,2H3;/q;;;;+1/p-1. The third-order valence-corrected chi connectivity index (χ3v) is 23.8. The topological polar surface area (TPSA) is 82.8 Å². The minimum atomic E-state index is -2.92. The van der Waals surface area contributed by atoms with Crippen LogP contribution in [0.25, 0.3) is 22.5 Å². The number of tetrazole rings is 1. The number of carbonyl (C=O) groups is 1. The van der Waals surface area contributed by atoms with E-state index < -0.39 is 18.7 Å². The molecule has 0 fully saturated rings. The molecule has 0 amide bonds. The Morgan fingerprint density at radius 2 is 1.53 bits per heavy atom. The quantitative estimate of drug-likeness (QED) is 0.0792.